The second-order valence-corrected chi connectivity index (χ2v) is 6.40. The molecule has 4 nitrogen and oxygen atoms in total. The predicted octanol–water partition coefficient (Wildman–Crippen LogP) is 3.04. The van der Waals surface area contributed by atoms with Gasteiger partial charge >= 0.3 is 0 Å². The molecule has 1 unspecified atom stereocenters. The zero-order valence-corrected chi connectivity index (χ0v) is 16.8. The van der Waals surface area contributed by atoms with Gasteiger partial charge in [0, 0.05) is 19.0 Å². The van der Waals surface area contributed by atoms with Gasteiger partial charge in [0.05, 0.1) is 6.54 Å². The molecule has 0 radical (unpaired) electrons. The van der Waals surface area contributed by atoms with E-state index in [1.165, 1.54) is 16.3 Å². The summed E-state index contributed by atoms with van der Waals surface area (Å²) in [5, 5.41) is 9.46. The van der Waals surface area contributed by atoms with Crippen molar-refractivity contribution in [2.45, 2.75) is 12.3 Å². The third-order valence-electron chi connectivity index (χ3n) is 4.38. The van der Waals surface area contributed by atoms with Crippen molar-refractivity contribution < 1.29 is 0 Å². The number of nitrogens with zero attached hydrogens (tertiary/aromatic N) is 2. The number of hydrogen-bond donors (Lipinski definition) is 2. The van der Waals surface area contributed by atoms with Crippen molar-refractivity contribution >= 4 is 40.7 Å². The molecule has 130 valence electrons. The van der Waals surface area contributed by atoms with Crippen molar-refractivity contribution in [1.82, 2.24) is 15.5 Å². The average Bonchev–Trinajstić information content (AvgIpc) is 3.08. The molecule has 2 N–H and O–H groups in total. The Kier molecular flexibility index (Phi) is 7.30. The van der Waals surface area contributed by atoms with Crippen LogP contribution in [0.1, 0.15) is 17.9 Å². The summed E-state index contributed by atoms with van der Waals surface area (Å²) < 4.78 is 0. The smallest absolute Gasteiger partial charge is 0.191 e. The second-order valence-electron chi connectivity index (χ2n) is 6.40. The minimum absolute atomic E-state index is 0. The van der Waals surface area contributed by atoms with E-state index in [9.17, 15) is 0 Å². The molecule has 1 atom stereocenters. The Labute approximate surface area is 161 Å². The summed E-state index contributed by atoms with van der Waals surface area (Å²) in [5.41, 5.74) is 1.43. The topological polar surface area (TPSA) is 39.7 Å². The summed E-state index contributed by atoms with van der Waals surface area (Å²) in [7, 11) is 4.27. The van der Waals surface area contributed by atoms with Crippen LogP contribution in [0.5, 0.6) is 0 Å². The van der Waals surface area contributed by atoms with Crippen LogP contribution in [0, 0.1) is 0 Å². The van der Waals surface area contributed by atoms with E-state index < -0.39 is 0 Å². The predicted molar refractivity (Wildman–Crippen MR) is 114 cm³/mol. The number of rotatable bonds is 6. The first-order valence-electron chi connectivity index (χ1n) is 8.38. The van der Waals surface area contributed by atoms with Gasteiger partial charge in [-0.2, -0.15) is 0 Å². The van der Waals surface area contributed by atoms with Crippen molar-refractivity contribution in [2.75, 3.05) is 40.3 Å². The molecule has 2 aromatic carbocycles. The third-order valence-corrected chi connectivity index (χ3v) is 4.38. The summed E-state index contributed by atoms with van der Waals surface area (Å²) in [6, 6.07) is 15.3. The lowest BCUT2D eigenvalue weighted by Crippen LogP contribution is -2.37. The summed E-state index contributed by atoms with van der Waals surface area (Å²) >= 11 is 0. The Morgan fingerprint density at radius 2 is 1.96 bits per heavy atom. The van der Waals surface area contributed by atoms with Crippen molar-refractivity contribution in [3.63, 3.8) is 0 Å². The highest BCUT2D eigenvalue weighted by molar-refractivity contribution is 14.0. The zero-order valence-electron chi connectivity index (χ0n) is 14.5. The van der Waals surface area contributed by atoms with E-state index in [4.69, 9.17) is 0 Å². The summed E-state index contributed by atoms with van der Waals surface area (Å²) in [6.07, 6.45) is 1.13. The maximum atomic E-state index is 4.44. The Balaban J connectivity index is 0.00000208. The summed E-state index contributed by atoms with van der Waals surface area (Å²) in [6.45, 7) is 3.81. The Bertz CT molecular complexity index is 679. The van der Waals surface area contributed by atoms with Gasteiger partial charge < -0.3 is 15.5 Å². The molecule has 1 heterocycles. The number of halogens is 1. The van der Waals surface area contributed by atoms with Gasteiger partial charge in [0.15, 0.2) is 5.96 Å². The van der Waals surface area contributed by atoms with Crippen LogP contribution in [0.25, 0.3) is 10.8 Å². The number of hydrogen-bond acceptors (Lipinski definition) is 4. The molecule has 0 bridgehead atoms. The maximum absolute atomic E-state index is 4.44. The van der Waals surface area contributed by atoms with E-state index in [1.807, 2.05) is 0 Å². The van der Waals surface area contributed by atoms with E-state index in [0.29, 0.717) is 5.92 Å². The Morgan fingerprint density at radius 1 is 1.17 bits per heavy atom. The number of aliphatic imine (C=N–C) groups is 1. The molecule has 0 saturated heterocycles. The first-order valence-corrected chi connectivity index (χ1v) is 8.38. The first-order chi connectivity index (χ1) is 11.2. The molecule has 2 aromatic rings. The molecular weight excluding hydrogens is 411 g/mol. The highest BCUT2D eigenvalue weighted by Gasteiger charge is 2.16. The Morgan fingerprint density at radius 3 is 2.71 bits per heavy atom. The van der Waals surface area contributed by atoms with Gasteiger partial charge in [-0.1, -0.05) is 42.5 Å². The van der Waals surface area contributed by atoms with Crippen LogP contribution in [0.3, 0.4) is 0 Å². The largest absolute Gasteiger partial charge is 0.356 e. The van der Waals surface area contributed by atoms with Gasteiger partial charge in [-0.05, 0) is 43.4 Å². The monoisotopic (exact) mass is 438 g/mol. The molecule has 3 rings (SSSR count). The molecule has 24 heavy (non-hydrogen) atoms. The zero-order chi connectivity index (χ0) is 16.1. The standard InChI is InChI=1S/C19H26N4.HI/c1-23(2)13-10-16(14-22-19-20-11-12-21-19)18-9-5-7-15-6-3-4-8-17(15)18;/h3-9,16H,10-14H2,1-2H3,(H2,20,21,22);1H. The van der Waals surface area contributed by atoms with E-state index in [0.717, 1.165) is 38.6 Å². The summed E-state index contributed by atoms with van der Waals surface area (Å²) in [4.78, 5) is 6.70. The van der Waals surface area contributed by atoms with Gasteiger partial charge in [0.25, 0.3) is 0 Å². The van der Waals surface area contributed by atoms with Gasteiger partial charge in [0.2, 0.25) is 0 Å². The molecule has 0 saturated carbocycles. The normalized spacial score (nSPS) is 14.9. The van der Waals surface area contributed by atoms with Crippen LogP contribution >= 0.6 is 24.0 Å². The lowest BCUT2D eigenvalue weighted by atomic mass is 9.90. The fourth-order valence-electron chi connectivity index (χ4n) is 3.12. The molecule has 5 heteroatoms. The van der Waals surface area contributed by atoms with Gasteiger partial charge in [0.1, 0.15) is 0 Å². The highest BCUT2D eigenvalue weighted by atomic mass is 127. The lowest BCUT2D eigenvalue weighted by molar-refractivity contribution is 0.380. The van der Waals surface area contributed by atoms with E-state index in [-0.39, 0.29) is 24.0 Å². The fourth-order valence-corrected chi connectivity index (χ4v) is 3.12. The molecule has 1 aliphatic heterocycles. The van der Waals surface area contributed by atoms with Gasteiger partial charge in [-0.25, -0.2) is 0 Å². The van der Waals surface area contributed by atoms with Crippen LogP contribution in [0.4, 0.5) is 0 Å². The first kappa shape index (κ1) is 19.0. The van der Waals surface area contributed by atoms with Crippen LogP contribution in [-0.2, 0) is 0 Å². The van der Waals surface area contributed by atoms with E-state index in [1.54, 1.807) is 0 Å². The van der Waals surface area contributed by atoms with Crippen LogP contribution in [0.2, 0.25) is 0 Å². The van der Waals surface area contributed by atoms with Crippen LogP contribution in [0.15, 0.2) is 47.5 Å². The molecule has 0 aliphatic carbocycles. The summed E-state index contributed by atoms with van der Waals surface area (Å²) in [5.74, 6) is 1.41. The van der Waals surface area contributed by atoms with E-state index >= 15 is 0 Å². The number of fused-ring (bicyclic) bond motifs is 1. The second kappa shape index (κ2) is 9.22. The molecule has 0 spiro atoms. The maximum Gasteiger partial charge on any atom is 0.191 e. The SMILES string of the molecule is CN(C)CCC(CNC1=NCCN1)c1cccc2ccccc12.I. The number of nitrogens with one attached hydrogen (secondary N) is 2. The minimum Gasteiger partial charge on any atom is -0.356 e. The van der Waals surface area contributed by atoms with Crippen molar-refractivity contribution in [3.05, 3.63) is 48.0 Å². The molecule has 0 amide bonds. The quantitative estimate of drug-likeness (QED) is 0.682. The average molecular weight is 438 g/mol. The van der Waals surface area contributed by atoms with Crippen LogP contribution < -0.4 is 10.6 Å². The molecular formula is C19H27IN4. The number of guanidine groups is 1. The molecule has 0 fully saturated rings. The Hall–Kier alpha value is -1.34. The third kappa shape index (κ3) is 4.83. The van der Waals surface area contributed by atoms with Crippen molar-refractivity contribution in [1.29, 1.82) is 0 Å². The molecule has 1 aliphatic rings. The van der Waals surface area contributed by atoms with Gasteiger partial charge in [-0.15, -0.1) is 24.0 Å². The highest BCUT2D eigenvalue weighted by Crippen LogP contribution is 2.27. The van der Waals surface area contributed by atoms with E-state index in [2.05, 4.69) is 77.1 Å². The van der Waals surface area contributed by atoms with Crippen LogP contribution in [-0.4, -0.2) is 51.1 Å². The van der Waals surface area contributed by atoms with Crippen molar-refractivity contribution in [2.24, 2.45) is 4.99 Å². The lowest BCUT2D eigenvalue weighted by Gasteiger charge is -2.22. The molecule has 0 aromatic heterocycles. The van der Waals surface area contributed by atoms with Crippen molar-refractivity contribution in [3.8, 4) is 0 Å². The number of benzene rings is 2. The minimum atomic E-state index is 0. The van der Waals surface area contributed by atoms with Gasteiger partial charge in [-0.3, -0.25) is 4.99 Å². The fraction of sp³-hybridized carbons (Fsp3) is 0.421.